The Morgan fingerprint density at radius 2 is 2.12 bits per heavy atom. The third-order valence-corrected chi connectivity index (χ3v) is 3.69. The molecule has 0 aliphatic carbocycles. The molecule has 0 spiro atoms. The Morgan fingerprint density at radius 3 is 2.88 bits per heavy atom. The summed E-state index contributed by atoms with van der Waals surface area (Å²) in [7, 11) is 0. The second-order valence-electron chi connectivity index (χ2n) is 4.64. The number of amides is 1. The van der Waals surface area contributed by atoms with Gasteiger partial charge in [-0.05, 0) is 5.56 Å². The molecule has 2 saturated heterocycles. The average Bonchev–Trinajstić information content (AvgIpc) is 2.65. The van der Waals surface area contributed by atoms with Crippen LogP contribution in [-0.4, -0.2) is 41.7 Å². The largest absolute Gasteiger partial charge is 0.382 e. The molecule has 0 bridgehead atoms. The molecule has 2 atom stereocenters. The Morgan fingerprint density at radius 1 is 1.35 bits per heavy atom. The van der Waals surface area contributed by atoms with Gasteiger partial charge in [-0.15, -0.1) is 0 Å². The van der Waals surface area contributed by atoms with E-state index in [1.165, 1.54) is 0 Å². The fourth-order valence-corrected chi connectivity index (χ4v) is 2.77. The van der Waals surface area contributed by atoms with Crippen LogP contribution in [0.5, 0.6) is 0 Å². The predicted octanol–water partition coefficient (Wildman–Crippen LogP) is 0.505. The van der Waals surface area contributed by atoms with Crippen LogP contribution in [0.4, 0.5) is 0 Å². The highest BCUT2D eigenvalue weighted by Gasteiger charge is 2.52. The summed E-state index contributed by atoms with van der Waals surface area (Å²) in [6.07, 6.45) is 0.158. The zero-order valence-electron chi connectivity index (χ0n) is 9.50. The lowest BCUT2D eigenvalue weighted by Gasteiger charge is -2.36. The van der Waals surface area contributed by atoms with Gasteiger partial charge in [0.05, 0.1) is 25.7 Å². The molecule has 2 fully saturated rings. The number of aliphatic hydroxyl groups is 1. The molecule has 17 heavy (non-hydrogen) atoms. The summed E-state index contributed by atoms with van der Waals surface area (Å²) in [6.45, 7) is 1.56. The summed E-state index contributed by atoms with van der Waals surface area (Å²) >= 11 is 0. The summed E-state index contributed by atoms with van der Waals surface area (Å²) in [5.74, 6) is 0.0182. The molecular weight excluding hydrogens is 218 g/mol. The van der Waals surface area contributed by atoms with Crippen molar-refractivity contribution >= 4 is 5.91 Å². The van der Waals surface area contributed by atoms with E-state index >= 15 is 0 Å². The van der Waals surface area contributed by atoms with Crippen LogP contribution in [-0.2, 0) is 15.1 Å². The first kappa shape index (κ1) is 10.7. The van der Waals surface area contributed by atoms with Gasteiger partial charge in [0.25, 0.3) is 0 Å². The van der Waals surface area contributed by atoms with Crippen molar-refractivity contribution in [2.24, 2.45) is 0 Å². The van der Waals surface area contributed by atoms with Gasteiger partial charge in [0, 0.05) is 6.54 Å². The monoisotopic (exact) mass is 233 g/mol. The lowest BCUT2D eigenvalue weighted by molar-refractivity contribution is -0.134. The first-order valence-corrected chi connectivity index (χ1v) is 5.87. The molecule has 1 amide bonds. The van der Waals surface area contributed by atoms with Crippen LogP contribution in [0.3, 0.4) is 0 Å². The maximum absolute atomic E-state index is 11.9. The normalized spacial score (nSPS) is 32.6. The molecule has 4 nitrogen and oxygen atoms in total. The summed E-state index contributed by atoms with van der Waals surface area (Å²) < 4.78 is 5.39. The van der Waals surface area contributed by atoms with E-state index < -0.39 is 5.60 Å². The molecule has 4 heteroatoms. The predicted molar refractivity (Wildman–Crippen MR) is 61.3 cm³/mol. The van der Waals surface area contributed by atoms with E-state index in [4.69, 9.17) is 4.74 Å². The zero-order chi connectivity index (χ0) is 11.9. The highest BCUT2D eigenvalue weighted by atomic mass is 16.5. The smallest absolute Gasteiger partial charge is 0.226 e. The number of carbonyl (C=O) groups excluding carboxylic acids is 1. The van der Waals surface area contributed by atoms with Gasteiger partial charge in [0.1, 0.15) is 5.60 Å². The highest BCUT2D eigenvalue weighted by Crippen LogP contribution is 2.39. The van der Waals surface area contributed by atoms with Crippen molar-refractivity contribution in [2.75, 3.05) is 19.8 Å². The molecule has 0 saturated carbocycles. The van der Waals surface area contributed by atoms with E-state index in [9.17, 15) is 9.90 Å². The molecule has 1 N–H and O–H groups in total. The van der Waals surface area contributed by atoms with E-state index in [-0.39, 0.29) is 18.4 Å². The van der Waals surface area contributed by atoms with Crippen LogP contribution < -0.4 is 0 Å². The standard InChI is InChI=1S/C13H15NO3/c15-12-8-13(16,10-4-2-1-3-5-10)11-9-17-7-6-14(11)12/h1-5,11,16H,6-9H2. The molecule has 0 radical (unpaired) electrons. The van der Waals surface area contributed by atoms with E-state index in [1.54, 1.807) is 4.90 Å². The van der Waals surface area contributed by atoms with Crippen molar-refractivity contribution in [1.82, 2.24) is 4.90 Å². The number of benzene rings is 1. The Balaban J connectivity index is 2.00. The van der Waals surface area contributed by atoms with Crippen molar-refractivity contribution in [3.05, 3.63) is 35.9 Å². The van der Waals surface area contributed by atoms with Gasteiger partial charge < -0.3 is 14.7 Å². The first-order chi connectivity index (χ1) is 8.22. The Bertz CT molecular complexity index is 434. The Kier molecular flexibility index (Phi) is 2.42. The number of rotatable bonds is 1. The first-order valence-electron chi connectivity index (χ1n) is 5.87. The van der Waals surface area contributed by atoms with Gasteiger partial charge in [-0.25, -0.2) is 0 Å². The maximum atomic E-state index is 11.9. The molecule has 3 rings (SSSR count). The van der Waals surface area contributed by atoms with E-state index in [0.717, 1.165) is 5.56 Å². The van der Waals surface area contributed by atoms with Gasteiger partial charge in [-0.2, -0.15) is 0 Å². The van der Waals surface area contributed by atoms with Crippen molar-refractivity contribution in [1.29, 1.82) is 0 Å². The van der Waals surface area contributed by atoms with Crippen LogP contribution in [0, 0.1) is 0 Å². The third kappa shape index (κ3) is 1.56. The fraction of sp³-hybridized carbons (Fsp3) is 0.462. The minimum absolute atomic E-state index is 0.0182. The quantitative estimate of drug-likeness (QED) is 0.768. The molecule has 2 unspecified atom stereocenters. The van der Waals surface area contributed by atoms with E-state index in [0.29, 0.717) is 19.8 Å². The number of ether oxygens (including phenoxy) is 1. The second-order valence-corrected chi connectivity index (χ2v) is 4.64. The SMILES string of the molecule is O=C1CC(O)(c2ccccc2)C2COCCN12. The van der Waals surface area contributed by atoms with Gasteiger partial charge in [-0.3, -0.25) is 4.79 Å². The van der Waals surface area contributed by atoms with E-state index in [1.807, 2.05) is 30.3 Å². The summed E-state index contributed by atoms with van der Waals surface area (Å²) in [4.78, 5) is 13.7. The molecule has 2 aliphatic rings. The zero-order valence-corrected chi connectivity index (χ0v) is 9.50. The van der Waals surface area contributed by atoms with Crippen LogP contribution in [0.1, 0.15) is 12.0 Å². The third-order valence-electron chi connectivity index (χ3n) is 3.69. The summed E-state index contributed by atoms with van der Waals surface area (Å²) in [5.41, 5.74) is -0.301. The van der Waals surface area contributed by atoms with Crippen molar-refractivity contribution in [3.63, 3.8) is 0 Å². The number of hydrogen-bond acceptors (Lipinski definition) is 3. The lowest BCUT2D eigenvalue weighted by Crippen LogP contribution is -2.50. The van der Waals surface area contributed by atoms with Crippen molar-refractivity contribution < 1.29 is 14.6 Å². The number of fused-ring (bicyclic) bond motifs is 1. The summed E-state index contributed by atoms with van der Waals surface area (Å²) in [5, 5.41) is 10.8. The van der Waals surface area contributed by atoms with Crippen LogP contribution in [0.2, 0.25) is 0 Å². The Hall–Kier alpha value is -1.39. The molecular formula is C13H15NO3. The van der Waals surface area contributed by atoms with Crippen LogP contribution in [0.25, 0.3) is 0 Å². The van der Waals surface area contributed by atoms with Crippen LogP contribution in [0.15, 0.2) is 30.3 Å². The molecule has 90 valence electrons. The topological polar surface area (TPSA) is 49.8 Å². The second kappa shape index (κ2) is 3.82. The van der Waals surface area contributed by atoms with Crippen molar-refractivity contribution in [2.45, 2.75) is 18.1 Å². The maximum Gasteiger partial charge on any atom is 0.226 e. The minimum atomic E-state index is -1.10. The summed E-state index contributed by atoms with van der Waals surface area (Å²) in [6, 6.07) is 9.15. The number of carbonyl (C=O) groups is 1. The van der Waals surface area contributed by atoms with Crippen LogP contribution >= 0.6 is 0 Å². The molecule has 1 aromatic rings. The van der Waals surface area contributed by atoms with E-state index in [2.05, 4.69) is 0 Å². The van der Waals surface area contributed by atoms with Gasteiger partial charge in [0.15, 0.2) is 0 Å². The number of nitrogens with zero attached hydrogens (tertiary/aromatic N) is 1. The fourth-order valence-electron chi connectivity index (χ4n) is 2.77. The van der Waals surface area contributed by atoms with Gasteiger partial charge >= 0.3 is 0 Å². The highest BCUT2D eigenvalue weighted by molar-refractivity contribution is 5.81. The number of morpholine rings is 1. The lowest BCUT2D eigenvalue weighted by atomic mass is 9.86. The molecule has 2 aliphatic heterocycles. The Labute approximate surface area is 99.8 Å². The minimum Gasteiger partial charge on any atom is -0.382 e. The van der Waals surface area contributed by atoms with Crippen molar-refractivity contribution in [3.8, 4) is 0 Å². The average molecular weight is 233 g/mol. The molecule has 2 heterocycles. The molecule has 0 aromatic heterocycles. The molecule has 1 aromatic carbocycles. The van der Waals surface area contributed by atoms with Gasteiger partial charge in [0.2, 0.25) is 5.91 Å². The van der Waals surface area contributed by atoms with Gasteiger partial charge in [-0.1, -0.05) is 30.3 Å². The number of hydrogen-bond donors (Lipinski definition) is 1.